The molecule has 17 heavy (non-hydrogen) atoms. The Bertz CT molecular complexity index is 405. The maximum atomic E-state index is 6.04. The molecule has 1 saturated heterocycles. The summed E-state index contributed by atoms with van der Waals surface area (Å²) in [5.74, 6) is 1.56. The number of nitrogens with one attached hydrogen (secondary N) is 1. The van der Waals surface area contributed by atoms with Gasteiger partial charge in [-0.15, -0.1) is 0 Å². The SMILES string of the molecule is CC(C)C1COC2c3ccccc3OCC2N1. The van der Waals surface area contributed by atoms with Gasteiger partial charge in [0.2, 0.25) is 0 Å². The molecule has 3 rings (SSSR count). The fourth-order valence-corrected chi connectivity index (χ4v) is 2.59. The van der Waals surface area contributed by atoms with Gasteiger partial charge in [0.1, 0.15) is 18.5 Å². The van der Waals surface area contributed by atoms with Gasteiger partial charge in [0, 0.05) is 11.6 Å². The number of hydrogen-bond donors (Lipinski definition) is 1. The van der Waals surface area contributed by atoms with Crippen molar-refractivity contribution in [3.63, 3.8) is 0 Å². The van der Waals surface area contributed by atoms with Crippen LogP contribution in [0.4, 0.5) is 0 Å². The second-order valence-electron chi connectivity index (χ2n) is 5.23. The van der Waals surface area contributed by atoms with Crippen LogP contribution in [0.5, 0.6) is 5.75 Å². The van der Waals surface area contributed by atoms with E-state index in [1.54, 1.807) is 0 Å². The number of ether oxygens (including phenoxy) is 2. The van der Waals surface area contributed by atoms with Gasteiger partial charge in [-0.2, -0.15) is 0 Å². The van der Waals surface area contributed by atoms with Crippen LogP contribution in [-0.4, -0.2) is 25.3 Å². The minimum atomic E-state index is 0.148. The molecule has 0 amide bonds. The molecule has 1 aromatic carbocycles. The molecule has 92 valence electrons. The highest BCUT2D eigenvalue weighted by atomic mass is 16.5. The number of benzene rings is 1. The molecule has 0 spiro atoms. The first kappa shape index (κ1) is 11.1. The third kappa shape index (κ3) is 1.94. The van der Waals surface area contributed by atoms with Crippen LogP contribution >= 0.6 is 0 Å². The van der Waals surface area contributed by atoms with Gasteiger partial charge in [-0.05, 0) is 12.0 Å². The van der Waals surface area contributed by atoms with Gasteiger partial charge in [-0.1, -0.05) is 32.0 Å². The fourth-order valence-electron chi connectivity index (χ4n) is 2.59. The zero-order valence-corrected chi connectivity index (χ0v) is 10.3. The van der Waals surface area contributed by atoms with Crippen molar-refractivity contribution >= 4 is 0 Å². The molecule has 1 N–H and O–H groups in total. The Labute approximate surface area is 102 Å². The molecular formula is C14H19NO2. The molecule has 3 heteroatoms. The van der Waals surface area contributed by atoms with E-state index < -0.39 is 0 Å². The van der Waals surface area contributed by atoms with E-state index in [0.717, 1.165) is 12.4 Å². The summed E-state index contributed by atoms with van der Waals surface area (Å²) in [6, 6.07) is 8.89. The molecule has 0 radical (unpaired) electrons. The van der Waals surface area contributed by atoms with Crippen molar-refractivity contribution in [2.24, 2.45) is 5.92 Å². The van der Waals surface area contributed by atoms with Crippen molar-refractivity contribution in [1.82, 2.24) is 5.32 Å². The van der Waals surface area contributed by atoms with Gasteiger partial charge in [0.15, 0.2) is 0 Å². The molecule has 0 saturated carbocycles. The molecule has 0 aromatic heterocycles. The minimum Gasteiger partial charge on any atom is -0.491 e. The average molecular weight is 233 g/mol. The molecule has 3 unspecified atom stereocenters. The predicted octanol–water partition coefficient (Wildman–Crippen LogP) is 2.13. The zero-order valence-electron chi connectivity index (χ0n) is 10.3. The van der Waals surface area contributed by atoms with Gasteiger partial charge in [0.25, 0.3) is 0 Å². The van der Waals surface area contributed by atoms with E-state index in [9.17, 15) is 0 Å². The molecule has 3 nitrogen and oxygen atoms in total. The Morgan fingerprint density at radius 2 is 2.06 bits per heavy atom. The molecular weight excluding hydrogens is 214 g/mol. The highest BCUT2D eigenvalue weighted by molar-refractivity contribution is 5.38. The summed E-state index contributed by atoms with van der Waals surface area (Å²) in [5.41, 5.74) is 1.18. The molecule has 0 aliphatic carbocycles. The first-order valence-corrected chi connectivity index (χ1v) is 6.35. The van der Waals surface area contributed by atoms with E-state index in [1.165, 1.54) is 5.56 Å². The van der Waals surface area contributed by atoms with E-state index in [1.807, 2.05) is 18.2 Å². The van der Waals surface area contributed by atoms with Gasteiger partial charge >= 0.3 is 0 Å². The Balaban J connectivity index is 1.83. The molecule has 0 bridgehead atoms. The third-order valence-corrected chi connectivity index (χ3v) is 3.70. The van der Waals surface area contributed by atoms with E-state index >= 15 is 0 Å². The van der Waals surface area contributed by atoms with Gasteiger partial charge < -0.3 is 14.8 Å². The summed E-state index contributed by atoms with van der Waals surface area (Å²) >= 11 is 0. The first-order chi connectivity index (χ1) is 8.25. The number of hydrogen-bond acceptors (Lipinski definition) is 3. The van der Waals surface area contributed by atoms with Crippen LogP contribution < -0.4 is 10.1 Å². The van der Waals surface area contributed by atoms with Gasteiger partial charge in [-0.25, -0.2) is 0 Å². The molecule has 1 aromatic rings. The van der Waals surface area contributed by atoms with Crippen molar-refractivity contribution in [2.45, 2.75) is 32.0 Å². The standard InChI is InChI=1S/C14H19NO2/c1-9(2)11-7-17-14-10-5-3-4-6-13(10)16-8-12(14)15-11/h3-6,9,11-12,14-15H,7-8H2,1-2H3. The quantitative estimate of drug-likeness (QED) is 0.806. The Hall–Kier alpha value is -1.06. The summed E-state index contributed by atoms with van der Waals surface area (Å²) in [6.45, 7) is 5.93. The van der Waals surface area contributed by atoms with Crippen LogP contribution in [0.1, 0.15) is 25.5 Å². The number of fused-ring (bicyclic) bond motifs is 3. The van der Waals surface area contributed by atoms with Crippen LogP contribution in [0.25, 0.3) is 0 Å². The third-order valence-electron chi connectivity index (χ3n) is 3.70. The van der Waals surface area contributed by atoms with Crippen LogP contribution in [0.15, 0.2) is 24.3 Å². The maximum Gasteiger partial charge on any atom is 0.125 e. The number of morpholine rings is 1. The van der Waals surface area contributed by atoms with Crippen molar-refractivity contribution in [1.29, 1.82) is 0 Å². The zero-order chi connectivity index (χ0) is 11.8. The Kier molecular flexibility index (Phi) is 2.81. The lowest BCUT2D eigenvalue weighted by atomic mass is 9.94. The topological polar surface area (TPSA) is 30.5 Å². The van der Waals surface area contributed by atoms with Crippen molar-refractivity contribution in [2.75, 3.05) is 13.2 Å². The Morgan fingerprint density at radius 3 is 2.88 bits per heavy atom. The summed E-state index contributed by atoms with van der Waals surface area (Å²) in [7, 11) is 0. The number of para-hydroxylation sites is 1. The molecule has 2 aliphatic rings. The second kappa shape index (κ2) is 4.31. The normalized spacial score (nSPS) is 31.6. The molecule has 2 heterocycles. The lowest BCUT2D eigenvalue weighted by Crippen LogP contribution is -2.56. The molecule has 3 atom stereocenters. The highest BCUT2D eigenvalue weighted by Crippen LogP contribution is 2.36. The minimum absolute atomic E-state index is 0.148. The average Bonchev–Trinajstić information content (AvgIpc) is 2.38. The summed E-state index contributed by atoms with van der Waals surface area (Å²) in [6.07, 6.45) is 0.148. The van der Waals surface area contributed by atoms with Crippen LogP contribution in [0, 0.1) is 5.92 Å². The summed E-state index contributed by atoms with van der Waals surface area (Å²) in [4.78, 5) is 0. The van der Waals surface area contributed by atoms with E-state index in [0.29, 0.717) is 18.6 Å². The van der Waals surface area contributed by atoms with Crippen LogP contribution in [0.3, 0.4) is 0 Å². The molecule has 2 aliphatic heterocycles. The lowest BCUT2D eigenvalue weighted by molar-refractivity contribution is -0.0599. The van der Waals surface area contributed by atoms with Crippen molar-refractivity contribution in [3.8, 4) is 5.75 Å². The first-order valence-electron chi connectivity index (χ1n) is 6.35. The van der Waals surface area contributed by atoms with Crippen molar-refractivity contribution < 1.29 is 9.47 Å². The predicted molar refractivity (Wildman–Crippen MR) is 66.2 cm³/mol. The maximum absolute atomic E-state index is 6.04. The monoisotopic (exact) mass is 233 g/mol. The smallest absolute Gasteiger partial charge is 0.125 e. The van der Waals surface area contributed by atoms with Gasteiger partial charge in [-0.3, -0.25) is 0 Å². The fraction of sp³-hybridized carbons (Fsp3) is 0.571. The van der Waals surface area contributed by atoms with E-state index in [2.05, 4.69) is 25.2 Å². The van der Waals surface area contributed by atoms with Gasteiger partial charge in [0.05, 0.1) is 12.6 Å². The van der Waals surface area contributed by atoms with Crippen molar-refractivity contribution in [3.05, 3.63) is 29.8 Å². The Morgan fingerprint density at radius 1 is 1.24 bits per heavy atom. The van der Waals surface area contributed by atoms with Crippen LogP contribution in [-0.2, 0) is 4.74 Å². The second-order valence-corrected chi connectivity index (χ2v) is 5.23. The van der Waals surface area contributed by atoms with Crippen LogP contribution in [0.2, 0.25) is 0 Å². The summed E-state index contributed by atoms with van der Waals surface area (Å²) < 4.78 is 11.8. The summed E-state index contributed by atoms with van der Waals surface area (Å²) in [5, 5.41) is 3.65. The molecule has 1 fully saturated rings. The lowest BCUT2D eigenvalue weighted by Gasteiger charge is -2.42. The number of rotatable bonds is 1. The highest BCUT2D eigenvalue weighted by Gasteiger charge is 2.37. The van der Waals surface area contributed by atoms with E-state index in [4.69, 9.17) is 9.47 Å². The van der Waals surface area contributed by atoms with E-state index in [-0.39, 0.29) is 12.1 Å². The largest absolute Gasteiger partial charge is 0.491 e.